The molecule has 0 bridgehead atoms. The Balaban J connectivity index is 2.08. The van der Waals surface area contributed by atoms with Crippen molar-refractivity contribution in [3.05, 3.63) is 65.7 Å². The highest BCUT2D eigenvalue weighted by Crippen LogP contribution is 2.17. The second-order valence-electron chi connectivity index (χ2n) is 6.00. The van der Waals surface area contributed by atoms with Crippen molar-refractivity contribution in [3.63, 3.8) is 0 Å². The zero-order valence-electron chi connectivity index (χ0n) is 14.9. The summed E-state index contributed by atoms with van der Waals surface area (Å²) in [7, 11) is -1.97. The highest BCUT2D eigenvalue weighted by atomic mass is 32.2. The van der Waals surface area contributed by atoms with Crippen LogP contribution in [-0.2, 0) is 25.9 Å². The number of esters is 1. The van der Waals surface area contributed by atoms with E-state index in [0.717, 1.165) is 11.8 Å². The van der Waals surface area contributed by atoms with Gasteiger partial charge in [0.1, 0.15) is 0 Å². The van der Waals surface area contributed by atoms with Gasteiger partial charge in [-0.3, -0.25) is 4.79 Å². The van der Waals surface area contributed by atoms with E-state index in [1.807, 2.05) is 30.3 Å². The van der Waals surface area contributed by atoms with Crippen molar-refractivity contribution >= 4 is 21.7 Å². The topological polar surface area (TPSA) is 80.8 Å². The normalized spacial score (nSPS) is 12.3. The highest BCUT2D eigenvalue weighted by Gasteiger charge is 2.25. The molecule has 0 saturated heterocycles. The van der Waals surface area contributed by atoms with Gasteiger partial charge in [-0.15, -0.1) is 0 Å². The number of carbonyl (C=O) groups is 2. The number of hydrogen-bond donors (Lipinski definition) is 0. The summed E-state index contributed by atoms with van der Waals surface area (Å²) in [5.41, 5.74) is 0.865. The van der Waals surface area contributed by atoms with E-state index in [4.69, 9.17) is 4.74 Å². The third-order valence-electron chi connectivity index (χ3n) is 3.78. The summed E-state index contributed by atoms with van der Waals surface area (Å²) in [5, 5.41) is 0. The number of rotatable bonds is 6. The number of amides is 1. The lowest BCUT2D eigenvalue weighted by atomic mass is 10.2. The van der Waals surface area contributed by atoms with Gasteiger partial charge in [0.15, 0.2) is 15.9 Å². The summed E-state index contributed by atoms with van der Waals surface area (Å²) >= 11 is 0. The lowest BCUT2D eigenvalue weighted by Gasteiger charge is -2.22. The van der Waals surface area contributed by atoms with Crippen LogP contribution in [0.2, 0.25) is 0 Å². The van der Waals surface area contributed by atoms with Crippen molar-refractivity contribution < 1.29 is 22.7 Å². The quantitative estimate of drug-likeness (QED) is 0.724. The molecule has 0 spiro atoms. The molecule has 0 aliphatic carbocycles. The van der Waals surface area contributed by atoms with Crippen molar-refractivity contribution in [2.24, 2.45) is 0 Å². The number of ether oxygens (including phenoxy) is 1. The summed E-state index contributed by atoms with van der Waals surface area (Å²) in [6.45, 7) is 1.84. The standard InChI is InChI=1S/C19H21NO5S/c1-14(18(21)20(2)13-15-9-5-4-6-10-15)25-19(22)16-11-7-8-12-17(16)26(3,23)24/h4-12,14H,13H2,1-3H3/t14-/m0/s1. The maximum Gasteiger partial charge on any atom is 0.340 e. The Kier molecular flexibility index (Phi) is 6.15. The molecular weight excluding hydrogens is 354 g/mol. The Labute approximate surface area is 153 Å². The molecule has 2 rings (SSSR count). The van der Waals surface area contributed by atoms with Gasteiger partial charge in [0, 0.05) is 19.8 Å². The average molecular weight is 375 g/mol. The van der Waals surface area contributed by atoms with Gasteiger partial charge in [-0.25, -0.2) is 13.2 Å². The van der Waals surface area contributed by atoms with Crippen LogP contribution in [0.4, 0.5) is 0 Å². The highest BCUT2D eigenvalue weighted by molar-refractivity contribution is 7.90. The number of nitrogens with zero attached hydrogens (tertiary/aromatic N) is 1. The second kappa shape index (κ2) is 8.14. The van der Waals surface area contributed by atoms with Crippen molar-refractivity contribution in [2.75, 3.05) is 13.3 Å². The molecule has 0 fully saturated rings. The Hall–Kier alpha value is -2.67. The molecule has 0 heterocycles. The predicted molar refractivity (Wildman–Crippen MR) is 97.3 cm³/mol. The summed E-state index contributed by atoms with van der Waals surface area (Å²) in [4.78, 5) is 26.1. The molecule has 26 heavy (non-hydrogen) atoms. The Bertz CT molecular complexity index is 893. The number of sulfone groups is 1. The van der Waals surface area contributed by atoms with Crippen molar-refractivity contribution in [1.29, 1.82) is 0 Å². The van der Waals surface area contributed by atoms with Gasteiger partial charge in [0.05, 0.1) is 10.5 Å². The van der Waals surface area contributed by atoms with E-state index in [1.165, 1.54) is 30.0 Å². The Morgan fingerprint density at radius 3 is 2.23 bits per heavy atom. The molecule has 0 aliphatic rings. The van der Waals surface area contributed by atoms with Gasteiger partial charge in [0.2, 0.25) is 0 Å². The lowest BCUT2D eigenvalue weighted by Crippen LogP contribution is -2.37. The molecule has 0 aliphatic heterocycles. The van der Waals surface area contributed by atoms with E-state index >= 15 is 0 Å². The van der Waals surface area contributed by atoms with Crippen molar-refractivity contribution in [3.8, 4) is 0 Å². The van der Waals surface area contributed by atoms with Crippen LogP contribution in [0.1, 0.15) is 22.8 Å². The predicted octanol–water partition coefficient (Wildman–Crippen LogP) is 2.29. The molecule has 0 aromatic heterocycles. The summed E-state index contributed by atoms with van der Waals surface area (Å²) < 4.78 is 28.8. The summed E-state index contributed by atoms with van der Waals surface area (Å²) in [6.07, 6.45) is -0.0229. The zero-order chi connectivity index (χ0) is 19.3. The summed E-state index contributed by atoms with van der Waals surface area (Å²) in [5.74, 6) is -1.22. The van der Waals surface area contributed by atoms with Crippen LogP contribution in [0.3, 0.4) is 0 Å². The minimum atomic E-state index is -3.59. The molecule has 0 N–H and O–H groups in total. The molecule has 7 heteroatoms. The molecule has 1 amide bonds. The van der Waals surface area contributed by atoms with Gasteiger partial charge >= 0.3 is 5.97 Å². The van der Waals surface area contributed by atoms with Crippen LogP contribution in [0.5, 0.6) is 0 Å². The minimum Gasteiger partial charge on any atom is -0.449 e. The monoisotopic (exact) mass is 375 g/mol. The van der Waals surface area contributed by atoms with Crippen LogP contribution >= 0.6 is 0 Å². The third-order valence-corrected chi connectivity index (χ3v) is 4.93. The van der Waals surface area contributed by atoms with E-state index in [9.17, 15) is 18.0 Å². The van der Waals surface area contributed by atoms with E-state index in [-0.39, 0.29) is 16.4 Å². The zero-order valence-corrected chi connectivity index (χ0v) is 15.7. The van der Waals surface area contributed by atoms with E-state index < -0.39 is 21.9 Å². The second-order valence-corrected chi connectivity index (χ2v) is 7.98. The molecule has 2 aromatic carbocycles. The first kappa shape index (κ1) is 19.7. The molecule has 0 radical (unpaired) electrons. The van der Waals surface area contributed by atoms with Crippen LogP contribution in [0.15, 0.2) is 59.5 Å². The number of benzene rings is 2. The Morgan fingerprint density at radius 1 is 1.04 bits per heavy atom. The lowest BCUT2D eigenvalue weighted by molar-refractivity contribution is -0.139. The van der Waals surface area contributed by atoms with Crippen LogP contribution in [0.25, 0.3) is 0 Å². The van der Waals surface area contributed by atoms with Crippen molar-refractivity contribution in [2.45, 2.75) is 24.5 Å². The fraction of sp³-hybridized carbons (Fsp3) is 0.263. The van der Waals surface area contributed by atoms with Gasteiger partial charge in [-0.1, -0.05) is 42.5 Å². The van der Waals surface area contributed by atoms with E-state index in [0.29, 0.717) is 6.54 Å². The first-order valence-electron chi connectivity index (χ1n) is 7.99. The maximum absolute atomic E-state index is 12.4. The van der Waals surface area contributed by atoms with Crippen LogP contribution in [-0.4, -0.2) is 44.6 Å². The fourth-order valence-electron chi connectivity index (χ4n) is 2.48. The van der Waals surface area contributed by atoms with Crippen LogP contribution < -0.4 is 0 Å². The number of likely N-dealkylation sites (N-methyl/N-ethyl adjacent to an activating group) is 1. The minimum absolute atomic E-state index is 0.0830. The fourth-order valence-corrected chi connectivity index (χ4v) is 3.36. The number of hydrogen-bond acceptors (Lipinski definition) is 5. The first-order chi connectivity index (χ1) is 12.2. The molecular formula is C19H21NO5S. The first-order valence-corrected chi connectivity index (χ1v) is 9.88. The van der Waals surface area contributed by atoms with E-state index in [2.05, 4.69) is 0 Å². The number of carbonyl (C=O) groups excluding carboxylic acids is 2. The van der Waals surface area contributed by atoms with E-state index in [1.54, 1.807) is 13.1 Å². The van der Waals surface area contributed by atoms with Gasteiger partial charge in [-0.2, -0.15) is 0 Å². The molecule has 1 atom stereocenters. The maximum atomic E-state index is 12.4. The largest absolute Gasteiger partial charge is 0.449 e. The molecule has 138 valence electrons. The average Bonchev–Trinajstić information content (AvgIpc) is 2.61. The smallest absolute Gasteiger partial charge is 0.340 e. The summed E-state index contributed by atoms with van der Waals surface area (Å²) in [6, 6.07) is 15.2. The van der Waals surface area contributed by atoms with Gasteiger partial charge in [-0.05, 0) is 24.6 Å². The van der Waals surface area contributed by atoms with Gasteiger partial charge in [0.25, 0.3) is 5.91 Å². The van der Waals surface area contributed by atoms with Crippen molar-refractivity contribution in [1.82, 2.24) is 4.90 Å². The molecule has 6 nitrogen and oxygen atoms in total. The van der Waals surface area contributed by atoms with Crippen LogP contribution in [0, 0.1) is 0 Å². The molecule has 2 aromatic rings. The molecule has 0 saturated carbocycles. The third kappa shape index (κ3) is 4.92. The van der Waals surface area contributed by atoms with Gasteiger partial charge < -0.3 is 9.64 Å². The Morgan fingerprint density at radius 2 is 1.62 bits per heavy atom. The SMILES string of the molecule is C[C@H](OC(=O)c1ccccc1S(C)(=O)=O)C(=O)N(C)Cc1ccccc1. The molecule has 0 unspecified atom stereocenters.